The molecule has 2 aromatic rings. The number of anilines is 1. The lowest BCUT2D eigenvalue weighted by atomic mass is 9.99. The molecule has 6 heteroatoms. The number of hydrogen-bond acceptors (Lipinski definition) is 5. The van der Waals surface area contributed by atoms with Crippen LogP contribution in [0.3, 0.4) is 0 Å². The van der Waals surface area contributed by atoms with Crippen molar-refractivity contribution in [2.75, 3.05) is 45.1 Å². The first kappa shape index (κ1) is 17.6. The Kier molecular flexibility index (Phi) is 5.37. The summed E-state index contributed by atoms with van der Waals surface area (Å²) in [4.78, 5) is 13.8. The molecule has 0 aliphatic carbocycles. The summed E-state index contributed by atoms with van der Waals surface area (Å²) in [6.07, 6.45) is 2.71. The van der Waals surface area contributed by atoms with E-state index in [4.69, 9.17) is 0 Å². The van der Waals surface area contributed by atoms with Crippen molar-refractivity contribution in [3.8, 4) is 0 Å². The minimum Gasteiger partial charge on any atom is -0.365 e. The molecular formula is C18H26BrN5. The molecule has 0 amide bonds. The highest BCUT2D eigenvalue weighted by Crippen LogP contribution is 2.26. The van der Waals surface area contributed by atoms with E-state index in [9.17, 15) is 0 Å². The summed E-state index contributed by atoms with van der Waals surface area (Å²) in [6, 6.07) is 6.11. The van der Waals surface area contributed by atoms with Crippen molar-refractivity contribution in [1.29, 1.82) is 0 Å². The molecule has 1 aromatic carbocycles. The predicted molar refractivity (Wildman–Crippen MR) is 103 cm³/mol. The molecule has 0 saturated carbocycles. The lowest BCUT2D eigenvalue weighted by molar-refractivity contribution is 0.147. The SMILES string of the molecule is CN1CCN(CCC(C)(C)Nc2ncnc3ccc(Br)cc23)CC1. The third kappa shape index (κ3) is 4.43. The Balaban J connectivity index is 1.67. The highest BCUT2D eigenvalue weighted by Gasteiger charge is 2.22. The number of nitrogens with zero attached hydrogens (tertiary/aromatic N) is 4. The highest BCUT2D eigenvalue weighted by atomic mass is 79.9. The summed E-state index contributed by atoms with van der Waals surface area (Å²) in [5, 5.41) is 4.68. The van der Waals surface area contributed by atoms with Crippen molar-refractivity contribution in [3.05, 3.63) is 29.0 Å². The van der Waals surface area contributed by atoms with E-state index in [-0.39, 0.29) is 5.54 Å². The second-order valence-corrected chi connectivity index (χ2v) is 8.20. The quantitative estimate of drug-likeness (QED) is 0.847. The van der Waals surface area contributed by atoms with E-state index in [0.717, 1.165) is 47.2 Å². The smallest absolute Gasteiger partial charge is 0.137 e. The number of aromatic nitrogens is 2. The number of halogens is 1. The van der Waals surface area contributed by atoms with E-state index in [2.05, 4.69) is 68.0 Å². The van der Waals surface area contributed by atoms with Crippen LogP contribution in [0.2, 0.25) is 0 Å². The van der Waals surface area contributed by atoms with Crippen LogP contribution >= 0.6 is 15.9 Å². The summed E-state index contributed by atoms with van der Waals surface area (Å²) < 4.78 is 1.04. The van der Waals surface area contributed by atoms with Gasteiger partial charge in [0.1, 0.15) is 12.1 Å². The van der Waals surface area contributed by atoms with Gasteiger partial charge in [-0.25, -0.2) is 9.97 Å². The molecule has 1 fully saturated rings. The summed E-state index contributed by atoms with van der Waals surface area (Å²) in [7, 11) is 2.20. The largest absolute Gasteiger partial charge is 0.365 e. The molecule has 3 rings (SSSR count). The fourth-order valence-corrected chi connectivity index (χ4v) is 3.38. The Morgan fingerprint density at radius 1 is 1.17 bits per heavy atom. The molecule has 0 atom stereocenters. The predicted octanol–water partition coefficient (Wildman–Crippen LogP) is 3.22. The van der Waals surface area contributed by atoms with Crippen molar-refractivity contribution >= 4 is 32.7 Å². The third-order valence-electron chi connectivity index (χ3n) is 4.70. The molecule has 0 bridgehead atoms. The van der Waals surface area contributed by atoms with Gasteiger partial charge in [0.2, 0.25) is 0 Å². The summed E-state index contributed by atoms with van der Waals surface area (Å²) in [6.45, 7) is 10.3. The monoisotopic (exact) mass is 391 g/mol. The Morgan fingerprint density at radius 3 is 2.67 bits per heavy atom. The number of fused-ring (bicyclic) bond motifs is 1. The van der Waals surface area contributed by atoms with Crippen molar-refractivity contribution < 1.29 is 0 Å². The molecule has 1 aliphatic heterocycles. The fourth-order valence-electron chi connectivity index (χ4n) is 3.02. The van der Waals surface area contributed by atoms with Crippen LogP contribution in [0.5, 0.6) is 0 Å². The van der Waals surface area contributed by atoms with Gasteiger partial charge in [-0.3, -0.25) is 0 Å². The van der Waals surface area contributed by atoms with Crippen LogP contribution in [0.1, 0.15) is 20.3 Å². The van der Waals surface area contributed by atoms with Crippen LogP contribution < -0.4 is 5.32 Å². The van der Waals surface area contributed by atoms with Gasteiger partial charge in [-0.15, -0.1) is 0 Å². The van der Waals surface area contributed by atoms with Gasteiger partial charge in [0.15, 0.2) is 0 Å². The Labute approximate surface area is 152 Å². The first-order chi connectivity index (χ1) is 11.4. The van der Waals surface area contributed by atoms with E-state index in [1.54, 1.807) is 6.33 Å². The molecule has 24 heavy (non-hydrogen) atoms. The second-order valence-electron chi connectivity index (χ2n) is 7.29. The number of nitrogens with one attached hydrogen (secondary N) is 1. The number of piperazine rings is 1. The van der Waals surface area contributed by atoms with Crippen LogP contribution in [-0.4, -0.2) is 65.1 Å². The minimum atomic E-state index is -0.0209. The summed E-state index contributed by atoms with van der Waals surface area (Å²) in [5.74, 6) is 0.907. The topological polar surface area (TPSA) is 44.3 Å². The maximum Gasteiger partial charge on any atom is 0.137 e. The minimum absolute atomic E-state index is 0.0209. The van der Waals surface area contributed by atoms with Crippen molar-refractivity contribution in [2.24, 2.45) is 0 Å². The molecule has 130 valence electrons. The Hall–Kier alpha value is -1.24. The zero-order chi connectivity index (χ0) is 17.2. The lowest BCUT2D eigenvalue weighted by Gasteiger charge is -2.35. The maximum absolute atomic E-state index is 4.47. The van der Waals surface area contributed by atoms with E-state index in [1.807, 2.05) is 12.1 Å². The van der Waals surface area contributed by atoms with Gasteiger partial charge in [0, 0.05) is 48.1 Å². The molecule has 1 saturated heterocycles. The van der Waals surface area contributed by atoms with Crippen molar-refractivity contribution in [3.63, 3.8) is 0 Å². The van der Waals surface area contributed by atoms with Crippen LogP contribution in [0.25, 0.3) is 10.9 Å². The van der Waals surface area contributed by atoms with Gasteiger partial charge in [-0.1, -0.05) is 15.9 Å². The number of hydrogen-bond donors (Lipinski definition) is 1. The van der Waals surface area contributed by atoms with Gasteiger partial charge < -0.3 is 15.1 Å². The molecule has 0 spiro atoms. The Bertz CT molecular complexity index is 695. The van der Waals surface area contributed by atoms with E-state index in [1.165, 1.54) is 13.1 Å². The zero-order valence-electron chi connectivity index (χ0n) is 14.7. The maximum atomic E-state index is 4.47. The average molecular weight is 392 g/mol. The summed E-state index contributed by atoms with van der Waals surface area (Å²) in [5.41, 5.74) is 0.943. The molecule has 1 aliphatic rings. The van der Waals surface area contributed by atoms with Gasteiger partial charge in [0.05, 0.1) is 5.52 Å². The molecular weight excluding hydrogens is 366 g/mol. The summed E-state index contributed by atoms with van der Waals surface area (Å²) >= 11 is 3.54. The molecule has 1 aromatic heterocycles. The molecule has 1 N–H and O–H groups in total. The first-order valence-corrected chi connectivity index (χ1v) is 9.32. The standard InChI is InChI=1S/C18H26BrN5/c1-18(2,6-7-24-10-8-23(3)9-11-24)22-17-15-12-14(19)4-5-16(15)20-13-21-17/h4-5,12-13H,6-11H2,1-3H3,(H,20,21,22). The number of rotatable bonds is 5. The zero-order valence-corrected chi connectivity index (χ0v) is 16.3. The molecule has 0 radical (unpaired) electrons. The number of benzene rings is 1. The van der Waals surface area contributed by atoms with Crippen LogP contribution in [0, 0.1) is 0 Å². The van der Waals surface area contributed by atoms with Gasteiger partial charge in [0.25, 0.3) is 0 Å². The van der Waals surface area contributed by atoms with E-state index < -0.39 is 0 Å². The average Bonchev–Trinajstić information content (AvgIpc) is 2.55. The van der Waals surface area contributed by atoms with Crippen LogP contribution in [0.4, 0.5) is 5.82 Å². The highest BCUT2D eigenvalue weighted by molar-refractivity contribution is 9.10. The lowest BCUT2D eigenvalue weighted by Crippen LogP contribution is -2.46. The normalized spacial score (nSPS) is 17.3. The van der Waals surface area contributed by atoms with Crippen molar-refractivity contribution in [1.82, 2.24) is 19.8 Å². The molecule has 5 nitrogen and oxygen atoms in total. The fraction of sp³-hybridized carbons (Fsp3) is 0.556. The Morgan fingerprint density at radius 2 is 1.92 bits per heavy atom. The van der Waals surface area contributed by atoms with Gasteiger partial charge in [-0.05, 0) is 45.5 Å². The third-order valence-corrected chi connectivity index (χ3v) is 5.20. The molecule has 2 heterocycles. The van der Waals surface area contributed by atoms with E-state index >= 15 is 0 Å². The first-order valence-electron chi connectivity index (χ1n) is 8.52. The second kappa shape index (κ2) is 7.33. The van der Waals surface area contributed by atoms with E-state index in [0.29, 0.717) is 0 Å². The van der Waals surface area contributed by atoms with Crippen LogP contribution in [0.15, 0.2) is 29.0 Å². The van der Waals surface area contributed by atoms with Crippen LogP contribution in [-0.2, 0) is 0 Å². The number of likely N-dealkylation sites (N-methyl/N-ethyl adjacent to an activating group) is 1. The molecule has 0 unspecified atom stereocenters. The van der Waals surface area contributed by atoms with Gasteiger partial charge in [-0.2, -0.15) is 0 Å². The van der Waals surface area contributed by atoms with Gasteiger partial charge >= 0.3 is 0 Å². The van der Waals surface area contributed by atoms with Crippen molar-refractivity contribution in [2.45, 2.75) is 25.8 Å².